The zero-order valence-electron chi connectivity index (χ0n) is 16.3. The van der Waals surface area contributed by atoms with Gasteiger partial charge in [0.1, 0.15) is 0 Å². The van der Waals surface area contributed by atoms with E-state index in [-0.39, 0.29) is 4.75 Å². The van der Waals surface area contributed by atoms with E-state index in [9.17, 15) is 0 Å². The third-order valence-electron chi connectivity index (χ3n) is 4.25. The highest BCUT2D eigenvalue weighted by atomic mass is 79.9. The van der Waals surface area contributed by atoms with Crippen molar-refractivity contribution in [1.82, 2.24) is 20.2 Å². The van der Waals surface area contributed by atoms with Crippen LogP contribution < -0.4 is 15.0 Å². The van der Waals surface area contributed by atoms with Crippen LogP contribution in [0.2, 0.25) is 0 Å². The molecule has 1 fully saturated rings. The van der Waals surface area contributed by atoms with Crippen LogP contribution in [0.25, 0.3) is 0 Å². The van der Waals surface area contributed by atoms with Crippen molar-refractivity contribution in [2.45, 2.75) is 25.5 Å². The number of piperazine rings is 1. The molecule has 0 aliphatic carbocycles. The van der Waals surface area contributed by atoms with Crippen molar-refractivity contribution in [3.63, 3.8) is 0 Å². The number of methoxy groups -OCH3 is 1. The van der Waals surface area contributed by atoms with E-state index < -0.39 is 0 Å². The molecule has 1 aliphatic rings. The van der Waals surface area contributed by atoms with Gasteiger partial charge in [-0.3, -0.25) is 4.99 Å². The number of rotatable bonds is 6. The SMILES string of the molecule is CCNC(=NCC(C)(C)SC)N1CCN(c2ncc(Br)c(OC)n2)CC1. The highest BCUT2D eigenvalue weighted by Crippen LogP contribution is 2.24. The van der Waals surface area contributed by atoms with Crippen LogP contribution in [0.4, 0.5) is 5.95 Å². The Morgan fingerprint density at radius 1 is 1.38 bits per heavy atom. The quantitative estimate of drug-likeness (QED) is 0.533. The van der Waals surface area contributed by atoms with Gasteiger partial charge in [-0.15, -0.1) is 0 Å². The second kappa shape index (κ2) is 9.64. The molecule has 1 N–H and O–H groups in total. The molecule has 1 saturated heterocycles. The third-order valence-corrected chi connectivity index (χ3v) is 6.03. The minimum absolute atomic E-state index is 0.143. The van der Waals surface area contributed by atoms with Crippen LogP contribution in [0, 0.1) is 0 Å². The Balaban J connectivity index is 2.02. The van der Waals surface area contributed by atoms with E-state index in [4.69, 9.17) is 9.73 Å². The summed E-state index contributed by atoms with van der Waals surface area (Å²) in [6.45, 7) is 11.7. The second-order valence-electron chi connectivity index (χ2n) is 6.64. The van der Waals surface area contributed by atoms with E-state index in [0.717, 1.165) is 49.7 Å². The maximum atomic E-state index is 5.28. The van der Waals surface area contributed by atoms with Gasteiger partial charge in [0.2, 0.25) is 11.8 Å². The molecule has 26 heavy (non-hydrogen) atoms. The smallest absolute Gasteiger partial charge is 0.232 e. The number of ether oxygens (including phenoxy) is 1. The lowest BCUT2D eigenvalue weighted by atomic mass is 10.2. The number of hydrogen-bond acceptors (Lipinski definition) is 6. The van der Waals surface area contributed by atoms with Gasteiger partial charge in [0, 0.05) is 37.5 Å². The molecule has 2 rings (SSSR count). The number of nitrogens with zero attached hydrogens (tertiary/aromatic N) is 5. The van der Waals surface area contributed by atoms with E-state index >= 15 is 0 Å². The molecule has 146 valence electrons. The zero-order chi connectivity index (χ0) is 19.2. The first kappa shape index (κ1) is 21.1. The fourth-order valence-corrected chi connectivity index (χ4v) is 3.06. The van der Waals surface area contributed by atoms with Crippen molar-refractivity contribution >= 4 is 39.6 Å². The average molecular weight is 445 g/mol. The molecule has 0 aromatic carbocycles. The normalized spacial score (nSPS) is 16.0. The van der Waals surface area contributed by atoms with Crippen LogP contribution in [-0.4, -0.2) is 78.2 Å². The van der Waals surface area contributed by atoms with Gasteiger partial charge in [0.15, 0.2) is 5.96 Å². The van der Waals surface area contributed by atoms with Crippen LogP contribution in [0.15, 0.2) is 15.7 Å². The van der Waals surface area contributed by atoms with Crippen LogP contribution >= 0.6 is 27.7 Å². The first-order valence-corrected chi connectivity index (χ1v) is 10.8. The lowest BCUT2D eigenvalue weighted by Crippen LogP contribution is -2.53. The van der Waals surface area contributed by atoms with Gasteiger partial charge in [0.25, 0.3) is 0 Å². The van der Waals surface area contributed by atoms with Crippen LogP contribution in [0.3, 0.4) is 0 Å². The Morgan fingerprint density at radius 2 is 2.08 bits per heavy atom. The number of aromatic nitrogens is 2. The van der Waals surface area contributed by atoms with Crippen molar-refractivity contribution < 1.29 is 4.74 Å². The van der Waals surface area contributed by atoms with E-state index in [1.807, 2.05) is 11.8 Å². The Morgan fingerprint density at radius 3 is 2.65 bits per heavy atom. The summed E-state index contributed by atoms with van der Waals surface area (Å²) < 4.78 is 6.18. The van der Waals surface area contributed by atoms with E-state index in [0.29, 0.717) is 11.8 Å². The minimum atomic E-state index is 0.143. The molecule has 1 aromatic rings. The van der Waals surface area contributed by atoms with Gasteiger partial charge < -0.3 is 19.9 Å². The summed E-state index contributed by atoms with van der Waals surface area (Å²) in [5, 5.41) is 3.42. The molecule has 0 spiro atoms. The number of halogens is 1. The largest absolute Gasteiger partial charge is 0.480 e. The fourth-order valence-electron chi connectivity index (χ4n) is 2.51. The van der Waals surface area contributed by atoms with Crippen molar-refractivity contribution in [2.75, 3.05) is 57.5 Å². The molecule has 2 heterocycles. The summed E-state index contributed by atoms with van der Waals surface area (Å²) in [6.07, 6.45) is 3.87. The van der Waals surface area contributed by atoms with Gasteiger partial charge in [-0.05, 0) is 43.0 Å². The topological polar surface area (TPSA) is 65.9 Å². The lowest BCUT2D eigenvalue weighted by molar-refractivity contribution is 0.366. The van der Waals surface area contributed by atoms with Crippen molar-refractivity contribution in [3.8, 4) is 5.88 Å². The molecule has 0 radical (unpaired) electrons. The summed E-state index contributed by atoms with van der Waals surface area (Å²) in [6, 6.07) is 0. The first-order valence-electron chi connectivity index (χ1n) is 8.80. The molecule has 0 bridgehead atoms. The zero-order valence-corrected chi connectivity index (χ0v) is 18.7. The molecule has 1 aliphatic heterocycles. The number of guanidine groups is 1. The van der Waals surface area contributed by atoms with Gasteiger partial charge in [-0.2, -0.15) is 16.7 Å². The van der Waals surface area contributed by atoms with Crippen LogP contribution in [0.1, 0.15) is 20.8 Å². The second-order valence-corrected chi connectivity index (χ2v) is 9.00. The highest BCUT2D eigenvalue weighted by Gasteiger charge is 2.23. The average Bonchev–Trinajstić information content (AvgIpc) is 2.66. The lowest BCUT2D eigenvalue weighted by Gasteiger charge is -2.36. The molecule has 7 nitrogen and oxygen atoms in total. The van der Waals surface area contributed by atoms with Crippen molar-refractivity contribution in [2.24, 2.45) is 4.99 Å². The van der Waals surface area contributed by atoms with Gasteiger partial charge >= 0.3 is 0 Å². The molecule has 0 saturated carbocycles. The number of anilines is 1. The monoisotopic (exact) mass is 444 g/mol. The summed E-state index contributed by atoms with van der Waals surface area (Å²) in [5.74, 6) is 2.25. The molecule has 0 atom stereocenters. The molecular weight excluding hydrogens is 416 g/mol. The molecule has 0 amide bonds. The predicted octanol–water partition coefficient (Wildman–Crippen LogP) is 2.48. The van der Waals surface area contributed by atoms with Crippen LogP contribution in [-0.2, 0) is 0 Å². The van der Waals surface area contributed by atoms with Gasteiger partial charge in [-0.1, -0.05) is 0 Å². The first-order chi connectivity index (χ1) is 12.4. The molecular formula is C17H29BrN6OS. The number of aliphatic imine (C=N–C) groups is 1. The summed E-state index contributed by atoms with van der Waals surface area (Å²) >= 11 is 5.24. The summed E-state index contributed by atoms with van der Waals surface area (Å²) in [5.41, 5.74) is 0. The third kappa shape index (κ3) is 5.64. The molecule has 9 heteroatoms. The molecule has 1 aromatic heterocycles. The van der Waals surface area contributed by atoms with E-state index in [1.165, 1.54) is 0 Å². The number of thioether (sulfide) groups is 1. The number of nitrogens with one attached hydrogen (secondary N) is 1. The van der Waals surface area contributed by atoms with Crippen LogP contribution in [0.5, 0.6) is 5.88 Å². The highest BCUT2D eigenvalue weighted by molar-refractivity contribution is 9.10. The van der Waals surface area contributed by atoms with Gasteiger partial charge in [0.05, 0.1) is 24.3 Å². The van der Waals surface area contributed by atoms with Gasteiger partial charge in [-0.25, -0.2) is 4.98 Å². The fraction of sp³-hybridized carbons (Fsp3) is 0.706. The minimum Gasteiger partial charge on any atom is -0.480 e. The Kier molecular flexibility index (Phi) is 7.82. The Bertz CT molecular complexity index is 619. The summed E-state index contributed by atoms with van der Waals surface area (Å²) in [7, 11) is 1.62. The van der Waals surface area contributed by atoms with E-state index in [1.54, 1.807) is 13.3 Å². The van der Waals surface area contributed by atoms with Crippen molar-refractivity contribution in [3.05, 3.63) is 10.7 Å². The van der Waals surface area contributed by atoms with Crippen molar-refractivity contribution in [1.29, 1.82) is 0 Å². The maximum absolute atomic E-state index is 5.28. The Labute approximate surface area is 169 Å². The predicted molar refractivity (Wildman–Crippen MR) is 114 cm³/mol. The standard InChI is InChI=1S/C17H29BrN6OS/c1-6-19-15(21-12-17(2,3)26-5)23-7-9-24(10-8-23)16-20-11-13(18)14(22-16)25-4/h11H,6-10,12H2,1-5H3,(H,19,21). The molecule has 0 unspecified atom stereocenters. The van der Waals surface area contributed by atoms with E-state index in [2.05, 4.69) is 68.0 Å². The Hall–Kier alpha value is -1.22. The number of hydrogen-bond donors (Lipinski definition) is 1. The summed E-state index contributed by atoms with van der Waals surface area (Å²) in [4.78, 5) is 18.2. The maximum Gasteiger partial charge on any atom is 0.232 e.